The van der Waals surface area contributed by atoms with Crippen molar-refractivity contribution in [1.82, 2.24) is 10.6 Å². The van der Waals surface area contributed by atoms with E-state index < -0.39 is 30.0 Å². The van der Waals surface area contributed by atoms with Crippen LogP contribution in [0.3, 0.4) is 0 Å². The number of benzene rings is 3. The second-order valence-corrected chi connectivity index (χ2v) is 19.1. The number of aryl methyl sites for hydroxylation is 1. The predicted octanol–water partition coefficient (Wildman–Crippen LogP) is 8.74. The molecule has 0 spiro atoms. The van der Waals surface area contributed by atoms with E-state index >= 15 is 0 Å². The number of hydrogen-bond acceptors (Lipinski definition) is 5. The fourth-order valence-corrected chi connectivity index (χ4v) is 4.87. The van der Waals surface area contributed by atoms with Crippen LogP contribution < -0.4 is 16.0 Å². The van der Waals surface area contributed by atoms with E-state index in [1.54, 1.807) is 25.1 Å². The predicted molar refractivity (Wildman–Crippen MR) is 213 cm³/mol. The maximum Gasteiger partial charge on any atom is 0.407 e. The molecule has 0 radical (unpaired) electrons. The van der Waals surface area contributed by atoms with E-state index in [-0.39, 0.29) is 39.4 Å². The van der Waals surface area contributed by atoms with Crippen LogP contribution in [0.15, 0.2) is 66.7 Å². The lowest BCUT2D eigenvalue weighted by Gasteiger charge is -2.40. The third kappa shape index (κ3) is 11.4. The van der Waals surface area contributed by atoms with Gasteiger partial charge in [0.2, 0.25) is 11.8 Å². The SMILES string of the molecule is CC.CC(C)(C)S(C)(C)C.Cc1cc(NC(=O)[C@H](C)NC(=O)[C@@H](NC(=O)OCC2c3ccccc3-c3ccccc32)C(C)C)ccc1CO.[HH].[HH].[HH]. The Balaban J connectivity index is 0. The lowest BCUT2D eigenvalue weighted by Crippen LogP contribution is -2.53. The summed E-state index contributed by atoms with van der Waals surface area (Å²) in [6.07, 6.45) is 6.37. The normalized spacial score (nSPS) is 13.7. The molecule has 1 aliphatic rings. The number of aliphatic hydroxyl groups is 1. The van der Waals surface area contributed by atoms with E-state index in [1.165, 1.54) is 0 Å². The van der Waals surface area contributed by atoms with Gasteiger partial charge in [0.15, 0.2) is 0 Å². The van der Waals surface area contributed by atoms with Crippen LogP contribution in [0.1, 0.15) is 87.8 Å². The zero-order valence-corrected chi connectivity index (χ0v) is 32.4. The summed E-state index contributed by atoms with van der Waals surface area (Å²) in [5.41, 5.74) is 6.65. The van der Waals surface area contributed by atoms with Crippen LogP contribution in [0.4, 0.5) is 10.5 Å². The highest BCUT2D eigenvalue weighted by Crippen LogP contribution is 2.49. The van der Waals surface area contributed by atoms with E-state index in [0.717, 1.165) is 33.4 Å². The molecule has 3 amide bonds. The molecule has 8 nitrogen and oxygen atoms in total. The minimum absolute atomic E-state index is 0. The highest BCUT2D eigenvalue weighted by Gasteiger charge is 2.31. The molecule has 0 aliphatic heterocycles. The molecule has 0 heterocycles. The molecule has 1 aliphatic carbocycles. The third-order valence-corrected chi connectivity index (χ3v) is 12.6. The Morgan fingerprint density at radius 3 is 1.82 bits per heavy atom. The molecule has 9 heteroatoms. The summed E-state index contributed by atoms with van der Waals surface area (Å²) in [7, 11) is -0.340. The summed E-state index contributed by atoms with van der Waals surface area (Å²) in [5, 5.41) is 17.5. The fourth-order valence-electron chi connectivity index (χ4n) is 4.87. The van der Waals surface area contributed by atoms with Crippen LogP contribution in [0, 0.1) is 12.8 Å². The first-order chi connectivity index (χ1) is 22.9. The Labute approximate surface area is 300 Å². The number of carbonyl (C=O) groups excluding carboxylic acids is 3. The van der Waals surface area contributed by atoms with Crippen molar-refractivity contribution in [2.24, 2.45) is 5.92 Å². The second kappa shape index (κ2) is 18.3. The lowest BCUT2D eigenvalue weighted by atomic mass is 9.98. The summed E-state index contributed by atoms with van der Waals surface area (Å²) in [6, 6.07) is 19.6. The van der Waals surface area contributed by atoms with Gasteiger partial charge in [0.05, 0.1) is 6.61 Å². The van der Waals surface area contributed by atoms with E-state index in [4.69, 9.17) is 4.74 Å². The fraction of sp³-hybridized carbons (Fsp3) is 0.475. The van der Waals surface area contributed by atoms with Crippen LogP contribution >= 0.6 is 10.0 Å². The van der Waals surface area contributed by atoms with Crippen molar-refractivity contribution in [2.45, 2.75) is 91.7 Å². The third-order valence-electron chi connectivity index (χ3n) is 8.94. The summed E-state index contributed by atoms with van der Waals surface area (Å²) in [4.78, 5) is 38.5. The van der Waals surface area contributed by atoms with Crippen molar-refractivity contribution in [3.8, 4) is 11.1 Å². The van der Waals surface area contributed by atoms with E-state index in [1.807, 2.05) is 71.0 Å². The summed E-state index contributed by atoms with van der Waals surface area (Å²) in [6.45, 7) is 18.0. The van der Waals surface area contributed by atoms with Gasteiger partial charge in [-0.05, 0) is 88.8 Å². The smallest absolute Gasteiger partial charge is 0.407 e. The van der Waals surface area contributed by atoms with Gasteiger partial charge in [0.1, 0.15) is 18.7 Å². The quantitative estimate of drug-likeness (QED) is 0.178. The van der Waals surface area contributed by atoms with E-state index in [2.05, 4.69) is 67.6 Å². The standard InChI is InChI=1S/C31H35N3O5.C7H18S.C2H6.3H2/c1-18(2)28(30(37)32-20(4)29(36)33-22-14-13-21(16-35)19(3)15-22)34-31(38)39-17-27-25-11-7-5-9-23(25)24-10-6-8-12-26(24)27;1-7(2,3)8(4,5)6;1-2;;;/h5-15,18,20,27-28,35H,16-17H2,1-4H3,(H,32,37)(H,33,36)(H,34,38);1-6H3;1-2H3;3*1H/t20-,28-;;;;;/m0...../s1. The zero-order chi connectivity index (χ0) is 37.1. The summed E-state index contributed by atoms with van der Waals surface area (Å²) < 4.78 is 6.13. The topological polar surface area (TPSA) is 117 Å². The maximum atomic E-state index is 13.0. The molecule has 3 aromatic carbocycles. The number of nitrogens with one attached hydrogen (secondary N) is 3. The Kier molecular flexibility index (Phi) is 15.4. The number of alkyl carbamates (subject to hydrolysis) is 1. The van der Waals surface area contributed by atoms with Gasteiger partial charge in [0, 0.05) is 15.9 Å². The Morgan fingerprint density at radius 1 is 0.857 bits per heavy atom. The van der Waals surface area contributed by atoms with Gasteiger partial charge in [-0.15, -0.1) is 0 Å². The Bertz CT molecular complexity index is 1520. The molecular weight excluding hydrogens is 635 g/mol. The van der Waals surface area contributed by atoms with Gasteiger partial charge >= 0.3 is 6.09 Å². The molecule has 4 rings (SSSR count). The molecular formula is C40H65N3O5S. The number of anilines is 1. The van der Waals surface area contributed by atoms with Crippen LogP contribution in [0.2, 0.25) is 0 Å². The number of rotatable bonds is 9. The molecule has 3 aromatic rings. The average Bonchev–Trinajstić information content (AvgIpc) is 3.36. The van der Waals surface area contributed by atoms with Gasteiger partial charge in [0.25, 0.3) is 0 Å². The highest BCUT2D eigenvalue weighted by atomic mass is 32.3. The first-order valence-corrected chi connectivity index (χ1v) is 19.9. The minimum Gasteiger partial charge on any atom is -0.449 e. The van der Waals surface area contributed by atoms with Crippen molar-refractivity contribution in [1.29, 1.82) is 0 Å². The summed E-state index contributed by atoms with van der Waals surface area (Å²) >= 11 is 0. The number of fused-ring (bicyclic) bond motifs is 3. The minimum atomic E-state index is -0.887. The van der Waals surface area contributed by atoms with Crippen molar-refractivity contribution in [3.63, 3.8) is 0 Å². The van der Waals surface area contributed by atoms with Gasteiger partial charge in [-0.25, -0.2) is 14.8 Å². The van der Waals surface area contributed by atoms with Gasteiger partial charge in [-0.2, -0.15) is 0 Å². The molecule has 49 heavy (non-hydrogen) atoms. The molecule has 0 saturated carbocycles. The summed E-state index contributed by atoms with van der Waals surface area (Å²) in [5.74, 6) is -1.21. The van der Waals surface area contributed by atoms with Crippen LogP contribution in [-0.2, 0) is 20.9 Å². The first kappa shape index (κ1) is 41.4. The maximum absolute atomic E-state index is 13.0. The van der Waals surface area contributed by atoms with Gasteiger partial charge < -0.3 is 25.8 Å². The molecule has 4 N–H and O–H groups in total. The molecule has 0 unspecified atom stereocenters. The zero-order valence-electron chi connectivity index (χ0n) is 31.6. The molecule has 0 saturated heterocycles. The second-order valence-electron chi connectivity index (χ2n) is 14.2. The molecule has 2 atom stereocenters. The molecule has 0 aromatic heterocycles. The van der Waals surface area contributed by atoms with Crippen molar-refractivity contribution in [2.75, 3.05) is 30.7 Å². The van der Waals surface area contributed by atoms with Crippen molar-refractivity contribution >= 4 is 33.6 Å². The van der Waals surface area contributed by atoms with Gasteiger partial charge in [-0.3, -0.25) is 9.59 Å². The van der Waals surface area contributed by atoms with Crippen molar-refractivity contribution < 1.29 is 28.5 Å². The molecule has 0 fully saturated rings. The lowest BCUT2D eigenvalue weighted by molar-refractivity contribution is -0.128. The van der Waals surface area contributed by atoms with Crippen LogP contribution in [-0.4, -0.2) is 65.2 Å². The largest absolute Gasteiger partial charge is 0.449 e. The van der Waals surface area contributed by atoms with Gasteiger partial charge in [-0.1, -0.05) is 103 Å². The number of aliphatic hydroxyl groups excluding tert-OH is 1. The van der Waals surface area contributed by atoms with Crippen LogP contribution in [0.25, 0.3) is 11.1 Å². The van der Waals surface area contributed by atoms with E-state index in [9.17, 15) is 19.5 Å². The Hall–Kier alpha value is -3.82. The number of ether oxygens (including phenoxy) is 1. The monoisotopic (exact) mass is 699 g/mol. The molecule has 276 valence electrons. The highest BCUT2D eigenvalue weighted by molar-refractivity contribution is 8.33. The van der Waals surface area contributed by atoms with Crippen molar-refractivity contribution in [3.05, 3.63) is 89.0 Å². The number of carbonyl (C=O) groups is 3. The number of amides is 3. The van der Waals surface area contributed by atoms with Crippen LogP contribution in [0.5, 0.6) is 0 Å². The Morgan fingerprint density at radius 2 is 1.37 bits per heavy atom. The first-order valence-electron chi connectivity index (χ1n) is 17.1. The number of hydrogen-bond donors (Lipinski definition) is 4. The van der Waals surface area contributed by atoms with E-state index in [0.29, 0.717) is 10.4 Å². The molecule has 0 bridgehead atoms. The average molecular weight is 700 g/mol.